The van der Waals surface area contributed by atoms with Gasteiger partial charge < -0.3 is 16.0 Å². The molecule has 9 nitrogen and oxygen atoms in total. The lowest BCUT2D eigenvalue weighted by Crippen LogP contribution is -2.81. The van der Waals surface area contributed by atoms with Crippen LogP contribution in [0.4, 0.5) is 14.5 Å². The van der Waals surface area contributed by atoms with Gasteiger partial charge >= 0.3 is 0 Å². The largest absolute Gasteiger partial charge is 0.379 e. The summed E-state index contributed by atoms with van der Waals surface area (Å²) < 4.78 is 26.9. The van der Waals surface area contributed by atoms with Gasteiger partial charge in [-0.3, -0.25) is 14.6 Å². The molecule has 3 heterocycles. The molecule has 174 valence electrons. The lowest BCUT2D eigenvalue weighted by Gasteiger charge is -2.70. The van der Waals surface area contributed by atoms with Crippen LogP contribution < -0.4 is 16.0 Å². The zero-order valence-corrected chi connectivity index (χ0v) is 18.2. The highest BCUT2D eigenvalue weighted by Gasteiger charge is 2.68. The molecule has 6 rings (SSSR count). The number of hydrogen-bond donors (Lipinski definition) is 3. The predicted octanol–water partition coefficient (Wildman–Crippen LogP) is 2.49. The van der Waals surface area contributed by atoms with E-state index in [4.69, 9.17) is 5.26 Å². The first-order valence-corrected chi connectivity index (χ1v) is 10.7. The van der Waals surface area contributed by atoms with Crippen LogP contribution >= 0.6 is 0 Å². The van der Waals surface area contributed by atoms with Crippen molar-refractivity contribution in [3.63, 3.8) is 0 Å². The number of hydrogen-bond acceptors (Lipinski definition) is 6. The molecule has 0 aromatic carbocycles. The van der Waals surface area contributed by atoms with Gasteiger partial charge in [-0.05, 0) is 43.5 Å². The van der Waals surface area contributed by atoms with E-state index in [1.165, 1.54) is 19.3 Å². The number of amides is 2. The second-order valence-corrected chi connectivity index (χ2v) is 9.02. The topological polar surface area (TPSA) is 124 Å². The van der Waals surface area contributed by atoms with E-state index in [1.54, 1.807) is 28.8 Å². The molecule has 11 heteroatoms. The first kappa shape index (κ1) is 21.8. The maximum atomic E-state index is 12.6. The maximum Gasteiger partial charge on any atom is 0.255 e. The Morgan fingerprint density at radius 2 is 1.97 bits per heavy atom. The van der Waals surface area contributed by atoms with Crippen LogP contribution in [-0.2, 0) is 4.79 Å². The number of anilines is 1. The van der Waals surface area contributed by atoms with E-state index in [2.05, 4.69) is 26.0 Å². The van der Waals surface area contributed by atoms with Gasteiger partial charge in [-0.25, -0.2) is 13.3 Å². The van der Waals surface area contributed by atoms with Gasteiger partial charge in [0, 0.05) is 24.2 Å². The van der Waals surface area contributed by atoms with Crippen LogP contribution in [0.3, 0.4) is 0 Å². The summed E-state index contributed by atoms with van der Waals surface area (Å²) in [5.74, 6) is -0.736. The predicted molar refractivity (Wildman–Crippen MR) is 118 cm³/mol. The van der Waals surface area contributed by atoms with E-state index < -0.39 is 18.9 Å². The zero-order valence-electron chi connectivity index (χ0n) is 18.2. The standard InChI is InChI=1S/C23H21F2N7O2/c1-13(33)30-22-10-23(11-22,12-22)31-17-5-18(27-8-16(17)21(34)28-9-20(24)25)19-3-2-15-4-14(6-26)7-29-32(15)19/h2-5,7-8,20H,9-12H2,1H3,(H,27,31)(H,28,34)(H,30,33). The SMILES string of the molecule is CC(=O)NC12CC(Nc3cc(-c4ccc5cc(C#N)cnn45)ncc3C(=O)NCC(F)F)(C1)C2. The Balaban J connectivity index is 1.47. The van der Waals surface area contributed by atoms with Gasteiger partial charge in [-0.15, -0.1) is 0 Å². The Labute approximate surface area is 193 Å². The summed E-state index contributed by atoms with van der Waals surface area (Å²) in [6.07, 6.45) is 2.27. The summed E-state index contributed by atoms with van der Waals surface area (Å²) in [6.45, 7) is 0.724. The van der Waals surface area contributed by atoms with Gasteiger partial charge in [0.2, 0.25) is 5.91 Å². The molecule has 2 amide bonds. The van der Waals surface area contributed by atoms with Gasteiger partial charge in [0.05, 0.1) is 46.5 Å². The van der Waals surface area contributed by atoms with Gasteiger partial charge in [0.25, 0.3) is 12.3 Å². The highest BCUT2D eigenvalue weighted by Crippen LogP contribution is 2.62. The van der Waals surface area contributed by atoms with Crippen LogP contribution in [0.1, 0.15) is 42.1 Å². The first-order chi connectivity index (χ1) is 16.2. The van der Waals surface area contributed by atoms with Crippen molar-refractivity contribution in [2.24, 2.45) is 0 Å². The van der Waals surface area contributed by atoms with Crippen molar-refractivity contribution >= 4 is 23.0 Å². The molecule has 0 spiro atoms. The average molecular weight is 465 g/mol. The number of rotatable bonds is 7. The van der Waals surface area contributed by atoms with E-state index >= 15 is 0 Å². The number of carbonyl (C=O) groups excluding carboxylic acids is 2. The molecule has 0 unspecified atom stereocenters. The van der Waals surface area contributed by atoms with Crippen LogP contribution in [0.5, 0.6) is 0 Å². The molecular formula is C23H21F2N7O2. The Kier molecular flexibility index (Phi) is 4.97. The van der Waals surface area contributed by atoms with Crippen LogP contribution in [0.2, 0.25) is 0 Å². The number of nitrogens with zero attached hydrogens (tertiary/aromatic N) is 4. The van der Waals surface area contributed by atoms with Crippen LogP contribution in [0.25, 0.3) is 16.9 Å². The molecule has 2 bridgehead atoms. The Morgan fingerprint density at radius 1 is 1.21 bits per heavy atom. The van der Waals surface area contributed by atoms with Crippen molar-refractivity contribution in [3.8, 4) is 17.5 Å². The summed E-state index contributed by atoms with van der Waals surface area (Å²) in [6, 6.07) is 9.06. The Bertz CT molecular complexity index is 1340. The van der Waals surface area contributed by atoms with Crippen molar-refractivity contribution in [2.45, 2.75) is 43.7 Å². The number of fused-ring (bicyclic) bond motifs is 1. The molecular weight excluding hydrogens is 444 g/mol. The van der Waals surface area contributed by atoms with Crippen LogP contribution in [0, 0.1) is 11.3 Å². The molecule has 3 aromatic heterocycles. The molecule has 34 heavy (non-hydrogen) atoms. The third-order valence-electron chi connectivity index (χ3n) is 6.33. The number of halogens is 2. The number of carbonyl (C=O) groups is 2. The molecule has 3 fully saturated rings. The van der Waals surface area contributed by atoms with Gasteiger partial charge in [-0.1, -0.05) is 0 Å². The van der Waals surface area contributed by atoms with Gasteiger partial charge in [-0.2, -0.15) is 10.4 Å². The molecule has 0 saturated heterocycles. The van der Waals surface area contributed by atoms with Crippen molar-refractivity contribution < 1.29 is 18.4 Å². The molecule has 0 aliphatic heterocycles. The fourth-order valence-corrected chi connectivity index (χ4v) is 5.11. The van der Waals surface area contributed by atoms with Crippen LogP contribution in [0.15, 0.2) is 36.7 Å². The third kappa shape index (κ3) is 3.71. The number of aromatic nitrogens is 3. The highest BCUT2D eigenvalue weighted by atomic mass is 19.3. The molecule has 0 radical (unpaired) electrons. The first-order valence-electron chi connectivity index (χ1n) is 10.7. The summed E-state index contributed by atoms with van der Waals surface area (Å²) >= 11 is 0. The lowest BCUT2D eigenvalue weighted by molar-refractivity contribution is -0.131. The lowest BCUT2D eigenvalue weighted by atomic mass is 9.44. The van der Waals surface area contributed by atoms with E-state index in [0.717, 1.165) is 0 Å². The fraction of sp³-hybridized carbons (Fsp3) is 0.348. The monoisotopic (exact) mass is 465 g/mol. The highest BCUT2D eigenvalue weighted by molar-refractivity contribution is 6.00. The summed E-state index contributed by atoms with van der Waals surface area (Å²) in [5.41, 5.74) is 2.44. The number of nitrogens with one attached hydrogen (secondary N) is 3. The van der Waals surface area contributed by atoms with E-state index in [-0.39, 0.29) is 22.5 Å². The Hall–Kier alpha value is -4.07. The Morgan fingerprint density at radius 3 is 2.65 bits per heavy atom. The molecule has 3 saturated carbocycles. The number of nitriles is 1. The van der Waals surface area contributed by atoms with E-state index in [1.807, 2.05) is 6.07 Å². The quantitative estimate of drug-likeness (QED) is 0.493. The van der Waals surface area contributed by atoms with Crippen molar-refractivity contribution in [3.05, 3.63) is 47.8 Å². The number of alkyl halides is 2. The minimum absolute atomic E-state index is 0.0845. The van der Waals surface area contributed by atoms with E-state index in [0.29, 0.717) is 47.4 Å². The maximum absolute atomic E-state index is 12.6. The average Bonchev–Trinajstić information content (AvgIpc) is 3.17. The summed E-state index contributed by atoms with van der Waals surface area (Å²) in [4.78, 5) is 28.5. The number of pyridine rings is 1. The molecule has 0 atom stereocenters. The van der Waals surface area contributed by atoms with Gasteiger partial charge in [0.15, 0.2) is 0 Å². The molecule has 3 aromatic rings. The normalized spacial score (nSPS) is 22.4. The minimum Gasteiger partial charge on any atom is -0.379 e. The fourth-order valence-electron chi connectivity index (χ4n) is 5.11. The van der Waals surface area contributed by atoms with Crippen LogP contribution in [-0.4, -0.2) is 50.5 Å². The van der Waals surface area contributed by atoms with Gasteiger partial charge in [0.1, 0.15) is 6.07 Å². The molecule has 3 aliphatic rings. The van der Waals surface area contributed by atoms with Crippen molar-refractivity contribution in [1.82, 2.24) is 25.2 Å². The third-order valence-corrected chi connectivity index (χ3v) is 6.33. The second kappa shape index (κ2) is 7.76. The zero-order chi connectivity index (χ0) is 24.1. The van der Waals surface area contributed by atoms with Crippen molar-refractivity contribution in [1.29, 1.82) is 5.26 Å². The summed E-state index contributed by atoms with van der Waals surface area (Å²) in [5, 5.41) is 22.0. The molecule has 3 N–H and O–H groups in total. The smallest absolute Gasteiger partial charge is 0.255 e. The molecule has 3 aliphatic carbocycles. The van der Waals surface area contributed by atoms with E-state index in [9.17, 15) is 18.4 Å². The minimum atomic E-state index is -2.67. The summed E-state index contributed by atoms with van der Waals surface area (Å²) in [7, 11) is 0. The van der Waals surface area contributed by atoms with Crippen molar-refractivity contribution in [2.75, 3.05) is 11.9 Å². The second-order valence-electron chi connectivity index (χ2n) is 9.02.